The number of nitro groups is 1. The molecule has 1 fully saturated rings. The van der Waals surface area contributed by atoms with Crippen LogP contribution < -0.4 is 14.8 Å². The van der Waals surface area contributed by atoms with Crippen LogP contribution in [-0.2, 0) is 0 Å². The van der Waals surface area contributed by atoms with Gasteiger partial charge in [-0.3, -0.25) is 19.9 Å². The van der Waals surface area contributed by atoms with Crippen LogP contribution in [0.15, 0.2) is 36.7 Å². The molecule has 0 radical (unpaired) electrons. The molecule has 1 aliphatic carbocycles. The van der Waals surface area contributed by atoms with Gasteiger partial charge in [0.05, 0.1) is 24.4 Å². The Morgan fingerprint density at radius 3 is 2.59 bits per heavy atom. The van der Waals surface area contributed by atoms with E-state index >= 15 is 0 Å². The largest absolute Gasteiger partial charge is 0.480 e. The van der Waals surface area contributed by atoms with E-state index in [1.54, 1.807) is 12.1 Å². The van der Waals surface area contributed by atoms with Crippen molar-refractivity contribution in [2.45, 2.75) is 37.8 Å². The monoisotopic (exact) mass is 372 g/mol. The first-order valence-corrected chi connectivity index (χ1v) is 8.64. The first-order valence-electron chi connectivity index (χ1n) is 8.64. The minimum Gasteiger partial charge on any atom is -0.480 e. The number of hydrogen-bond acceptors (Lipinski definition) is 7. The Hall–Kier alpha value is -3.23. The lowest BCUT2D eigenvalue weighted by atomic mass is 9.92. The lowest BCUT2D eigenvalue weighted by Crippen LogP contribution is -2.40. The van der Waals surface area contributed by atoms with Crippen LogP contribution in [0, 0.1) is 10.1 Å². The normalized spacial score (nSPS) is 19.1. The van der Waals surface area contributed by atoms with Gasteiger partial charge in [-0.15, -0.1) is 0 Å². The second kappa shape index (κ2) is 8.43. The summed E-state index contributed by atoms with van der Waals surface area (Å²) < 4.78 is 10.9. The van der Waals surface area contributed by atoms with Gasteiger partial charge in [-0.1, -0.05) is 12.1 Å². The Kier molecular flexibility index (Phi) is 5.80. The molecule has 0 unspecified atom stereocenters. The molecule has 0 atom stereocenters. The summed E-state index contributed by atoms with van der Waals surface area (Å²) in [6, 6.07) is 5.90. The minimum atomic E-state index is -0.547. The van der Waals surface area contributed by atoms with Gasteiger partial charge in [-0.05, 0) is 31.7 Å². The van der Waals surface area contributed by atoms with Crippen molar-refractivity contribution in [2.24, 2.45) is 0 Å². The molecular weight excluding hydrogens is 352 g/mol. The van der Waals surface area contributed by atoms with Crippen molar-refractivity contribution in [3.05, 3.63) is 52.3 Å². The molecule has 0 aliphatic heterocycles. The van der Waals surface area contributed by atoms with Crippen LogP contribution >= 0.6 is 0 Å². The topological polar surface area (TPSA) is 116 Å². The van der Waals surface area contributed by atoms with Crippen molar-refractivity contribution in [3.8, 4) is 11.8 Å². The second-order valence-corrected chi connectivity index (χ2v) is 6.24. The lowest BCUT2D eigenvalue weighted by Gasteiger charge is -2.29. The summed E-state index contributed by atoms with van der Waals surface area (Å²) in [7, 11) is 1.51. The van der Waals surface area contributed by atoms with E-state index in [1.807, 2.05) is 0 Å². The van der Waals surface area contributed by atoms with E-state index in [2.05, 4.69) is 15.3 Å². The number of hydrogen-bond donors (Lipinski definition) is 1. The zero-order valence-corrected chi connectivity index (χ0v) is 14.8. The summed E-state index contributed by atoms with van der Waals surface area (Å²) in [4.78, 5) is 31.1. The van der Waals surface area contributed by atoms with Gasteiger partial charge in [0, 0.05) is 12.1 Å². The molecule has 0 bridgehead atoms. The summed E-state index contributed by atoms with van der Waals surface area (Å²) in [5.74, 6) is 0.366. The molecule has 9 nitrogen and oxygen atoms in total. The highest BCUT2D eigenvalue weighted by molar-refractivity contribution is 5.98. The summed E-state index contributed by atoms with van der Waals surface area (Å²) in [5, 5.41) is 14.0. The maximum atomic E-state index is 12.4. The summed E-state index contributed by atoms with van der Waals surface area (Å²) in [6.07, 6.45) is 5.92. The Morgan fingerprint density at radius 2 is 1.89 bits per heavy atom. The summed E-state index contributed by atoms with van der Waals surface area (Å²) in [6.45, 7) is 0. The predicted octanol–water partition coefficient (Wildman–Crippen LogP) is 2.51. The third-order valence-corrected chi connectivity index (χ3v) is 4.44. The number of amides is 1. The number of ether oxygens (including phenoxy) is 2. The van der Waals surface area contributed by atoms with Crippen LogP contribution in [0.25, 0.3) is 0 Å². The fraction of sp³-hybridized carbons (Fsp3) is 0.389. The third kappa shape index (κ3) is 4.69. The highest BCUT2D eigenvalue weighted by Crippen LogP contribution is 2.24. The molecule has 1 N–H and O–H groups in total. The van der Waals surface area contributed by atoms with Crippen molar-refractivity contribution >= 4 is 11.6 Å². The molecule has 0 saturated heterocycles. The van der Waals surface area contributed by atoms with E-state index in [0.29, 0.717) is 24.6 Å². The number of nitrogens with zero attached hydrogens (tertiary/aromatic N) is 3. The van der Waals surface area contributed by atoms with Gasteiger partial charge in [-0.25, -0.2) is 0 Å². The highest BCUT2D eigenvalue weighted by atomic mass is 16.6. The first kappa shape index (κ1) is 18.6. The van der Waals surface area contributed by atoms with E-state index in [9.17, 15) is 14.9 Å². The van der Waals surface area contributed by atoms with E-state index in [-0.39, 0.29) is 23.4 Å². The molecule has 9 heteroatoms. The van der Waals surface area contributed by atoms with Crippen LogP contribution in [-0.4, -0.2) is 40.1 Å². The summed E-state index contributed by atoms with van der Waals surface area (Å²) >= 11 is 0. The van der Waals surface area contributed by atoms with Gasteiger partial charge in [0.2, 0.25) is 11.8 Å². The standard InChI is InChI=1S/C18H20N4O5/c1-26-16-10-19-11-17(21-16)27-13-8-6-12(7-9-13)20-18(23)14-4-2-3-5-15(14)22(24)25/h2-5,10-13H,6-9H2,1H3,(H,20,23). The Balaban J connectivity index is 1.54. The average Bonchev–Trinajstić information content (AvgIpc) is 2.69. The number of methoxy groups -OCH3 is 1. The Labute approximate surface area is 155 Å². The van der Waals surface area contributed by atoms with Crippen LogP contribution in [0.4, 0.5) is 5.69 Å². The number of aromatic nitrogens is 2. The van der Waals surface area contributed by atoms with Gasteiger partial charge in [0.1, 0.15) is 11.7 Å². The van der Waals surface area contributed by atoms with E-state index in [0.717, 1.165) is 12.8 Å². The Bertz CT molecular complexity index is 821. The quantitative estimate of drug-likeness (QED) is 0.611. The molecular formula is C18H20N4O5. The number of para-hydroxylation sites is 1. The van der Waals surface area contributed by atoms with Crippen LogP contribution in [0.5, 0.6) is 11.8 Å². The molecule has 1 amide bonds. The number of carbonyl (C=O) groups is 1. The predicted molar refractivity (Wildman–Crippen MR) is 95.8 cm³/mol. The third-order valence-electron chi connectivity index (χ3n) is 4.44. The molecule has 1 aromatic carbocycles. The van der Waals surface area contributed by atoms with Crippen molar-refractivity contribution in [1.29, 1.82) is 0 Å². The van der Waals surface area contributed by atoms with E-state index < -0.39 is 10.8 Å². The van der Waals surface area contributed by atoms with Crippen LogP contribution in [0.2, 0.25) is 0 Å². The maximum Gasteiger partial charge on any atom is 0.282 e. The molecule has 1 saturated carbocycles. The zero-order valence-electron chi connectivity index (χ0n) is 14.8. The number of benzene rings is 1. The fourth-order valence-corrected chi connectivity index (χ4v) is 3.07. The number of nitrogens with one attached hydrogen (secondary N) is 1. The SMILES string of the molecule is COc1cncc(OC2CCC(NC(=O)c3ccccc3[N+](=O)[O-])CC2)n1. The van der Waals surface area contributed by atoms with Crippen molar-refractivity contribution < 1.29 is 19.2 Å². The number of rotatable bonds is 6. The van der Waals surface area contributed by atoms with E-state index in [4.69, 9.17) is 9.47 Å². The van der Waals surface area contributed by atoms with Crippen LogP contribution in [0.1, 0.15) is 36.0 Å². The zero-order chi connectivity index (χ0) is 19.2. The van der Waals surface area contributed by atoms with Crippen molar-refractivity contribution in [3.63, 3.8) is 0 Å². The van der Waals surface area contributed by atoms with Crippen molar-refractivity contribution in [2.75, 3.05) is 7.11 Å². The molecule has 1 heterocycles. The lowest BCUT2D eigenvalue weighted by molar-refractivity contribution is -0.385. The first-order chi connectivity index (χ1) is 13.1. The van der Waals surface area contributed by atoms with Gasteiger partial charge in [0.15, 0.2) is 0 Å². The van der Waals surface area contributed by atoms with Crippen LogP contribution in [0.3, 0.4) is 0 Å². The van der Waals surface area contributed by atoms with Gasteiger partial charge in [-0.2, -0.15) is 4.98 Å². The molecule has 27 heavy (non-hydrogen) atoms. The minimum absolute atomic E-state index is 0.0226. The average molecular weight is 372 g/mol. The van der Waals surface area contributed by atoms with Crippen molar-refractivity contribution in [1.82, 2.24) is 15.3 Å². The Morgan fingerprint density at radius 1 is 1.19 bits per heavy atom. The van der Waals surface area contributed by atoms with E-state index in [1.165, 1.54) is 31.6 Å². The van der Waals surface area contributed by atoms with Gasteiger partial charge in [0.25, 0.3) is 11.6 Å². The molecule has 2 aromatic rings. The second-order valence-electron chi connectivity index (χ2n) is 6.24. The highest BCUT2D eigenvalue weighted by Gasteiger charge is 2.26. The number of nitro benzene ring substituents is 1. The maximum absolute atomic E-state index is 12.4. The molecule has 142 valence electrons. The summed E-state index contributed by atoms with van der Waals surface area (Å²) in [5.41, 5.74) is -0.115. The molecule has 1 aromatic heterocycles. The molecule has 0 spiro atoms. The fourth-order valence-electron chi connectivity index (χ4n) is 3.07. The molecule has 3 rings (SSSR count). The van der Waals surface area contributed by atoms with Gasteiger partial charge < -0.3 is 14.8 Å². The smallest absolute Gasteiger partial charge is 0.282 e. The van der Waals surface area contributed by atoms with Gasteiger partial charge >= 0.3 is 0 Å². The number of carbonyl (C=O) groups excluding carboxylic acids is 1. The molecule has 1 aliphatic rings.